The molecular weight excluding hydrogens is 270 g/mol. The zero-order valence-electron chi connectivity index (χ0n) is 10.6. The van der Waals surface area contributed by atoms with Gasteiger partial charge in [0.1, 0.15) is 5.75 Å². The lowest BCUT2D eigenvalue weighted by Crippen LogP contribution is -2.31. The number of carbonyl (C=O) groups is 2. The summed E-state index contributed by atoms with van der Waals surface area (Å²) < 4.78 is 9.97. The summed E-state index contributed by atoms with van der Waals surface area (Å²) >= 11 is 5.87. The van der Waals surface area contributed by atoms with Crippen LogP contribution in [0, 0.1) is 0 Å². The van der Waals surface area contributed by atoms with Crippen LogP contribution in [0.2, 0.25) is 5.02 Å². The topological polar surface area (TPSA) is 64.6 Å². The van der Waals surface area contributed by atoms with Gasteiger partial charge in [0.25, 0.3) is 5.91 Å². The molecule has 6 heteroatoms. The van der Waals surface area contributed by atoms with Gasteiger partial charge in [0.2, 0.25) is 0 Å². The van der Waals surface area contributed by atoms with Crippen molar-refractivity contribution in [2.24, 2.45) is 0 Å². The number of ether oxygens (including phenoxy) is 2. The van der Waals surface area contributed by atoms with E-state index in [1.807, 2.05) is 0 Å². The fourth-order valence-electron chi connectivity index (χ4n) is 1.29. The Morgan fingerprint density at radius 2 is 2.05 bits per heavy atom. The highest BCUT2D eigenvalue weighted by Crippen LogP contribution is 2.22. The quantitative estimate of drug-likeness (QED) is 0.776. The molecule has 1 amide bonds. The van der Waals surface area contributed by atoms with E-state index in [-0.39, 0.29) is 31.4 Å². The van der Waals surface area contributed by atoms with Gasteiger partial charge in [0.15, 0.2) is 6.61 Å². The van der Waals surface area contributed by atoms with Gasteiger partial charge in [-0.1, -0.05) is 23.7 Å². The van der Waals surface area contributed by atoms with Gasteiger partial charge < -0.3 is 14.8 Å². The summed E-state index contributed by atoms with van der Waals surface area (Å²) in [7, 11) is 0. The van der Waals surface area contributed by atoms with Gasteiger partial charge in [0.05, 0.1) is 18.1 Å². The van der Waals surface area contributed by atoms with Crippen LogP contribution in [0.1, 0.15) is 13.3 Å². The highest BCUT2D eigenvalue weighted by Gasteiger charge is 2.06. The SMILES string of the molecule is CCOC(=O)CCNC(=O)COc1ccccc1Cl. The number of amides is 1. The number of esters is 1. The first-order valence-electron chi connectivity index (χ1n) is 5.93. The predicted molar refractivity (Wildman–Crippen MR) is 71.2 cm³/mol. The Bertz CT molecular complexity index is 436. The van der Waals surface area contributed by atoms with E-state index >= 15 is 0 Å². The van der Waals surface area contributed by atoms with Crippen LogP contribution in [0.5, 0.6) is 5.75 Å². The van der Waals surface area contributed by atoms with Crippen molar-refractivity contribution in [3.63, 3.8) is 0 Å². The minimum Gasteiger partial charge on any atom is -0.482 e. The van der Waals surface area contributed by atoms with Gasteiger partial charge >= 0.3 is 5.97 Å². The Morgan fingerprint density at radius 3 is 2.74 bits per heavy atom. The minimum atomic E-state index is -0.338. The monoisotopic (exact) mass is 285 g/mol. The molecule has 104 valence electrons. The lowest BCUT2D eigenvalue weighted by molar-refractivity contribution is -0.143. The highest BCUT2D eigenvalue weighted by molar-refractivity contribution is 6.32. The average molecular weight is 286 g/mol. The number of halogens is 1. The molecule has 0 aliphatic carbocycles. The maximum absolute atomic E-state index is 11.4. The third-order valence-corrected chi connectivity index (χ3v) is 2.46. The summed E-state index contributed by atoms with van der Waals surface area (Å²) in [5, 5.41) is 3.00. The Hall–Kier alpha value is -1.75. The molecule has 5 nitrogen and oxygen atoms in total. The first kappa shape index (κ1) is 15.3. The maximum atomic E-state index is 11.4. The number of benzene rings is 1. The number of carbonyl (C=O) groups excluding carboxylic acids is 2. The normalized spacial score (nSPS) is 9.79. The number of para-hydroxylation sites is 1. The van der Waals surface area contributed by atoms with Gasteiger partial charge in [-0.3, -0.25) is 9.59 Å². The summed E-state index contributed by atoms with van der Waals surface area (Å²) in [6.45, 7) is 2.15. The molecule has 0 atom stereocenters. The van der Waals surface area contributed by atoms with Crippen molar-refractivity contribution in [3.8, 4) is 5.75 Å². The van der Waals surface area contributed by atoms with E-state index in [4.69, 9.17) is 21.1 Å². The molecular formula is C13H16ClNO4. The molecule has 0 heterocycles. The third-order valence-electron chi connectivity index (χ3n) is 2.15. The summed E-state index contributed by atoms with van der Waals surface area (Å²) in [5.41, 5.74) is 0. The molecule has 1 N–H and O–H groups in total. The van der Waals surface area contributed by atoms with Crippen LogP contribution in [0.25, 0.3) is 0 Å². The van der Waals surface area contributed by atoms with E-state index in [2.05, 4.69) is 5.32 Å². The zero-order valence-corrected chi connectivity index (χ0v) is 11.4. The maximum Gasteiger partial charge on any atom is 0.307 e. The van der Waals surface area contributed by atoms with E-state index < -0.39 is 0 Å². The fraction of sp³-hybridized carbons (Fsp3) is 0.385. The Balaban J connectivity index is 2.22. The Labute approximate surface area is 116 Å². The summed E-state index contributed by atoms with van der Waals surface area (Å²) in [5.74, 6) is -0.205. The van der Waals surface area contributed by atoms with Crippen LogP contribution in [-0.2, 0) is 14.3 Å². The molecule has 0 radical (unpaired) electrons. The second kappa shape index (κ2) is 8.37. The summed E-state index contributed by atoms with van der Waals surface area (Å²) in [6.07, 6.45) is 0.145. The van der Waals surface area contributed by atoms with Crippen molar-refractivity contribution in [3.05, 3.63) is 29.3 Å². The predicted octanol–water partition coefficient (Wildman–Crippen LogP) is 1.79. The molecule has 0 saturated carbocycles. The molecule has 0 saturated heterocycles. The molecule has 0 unspecified atom stereocenters. The van der Waals surface area contributed by atoms with Gasteiger partial charge in [-0.15, -0.1) is 0 Å². The van der Waals surface area contributed by atoms with Crippen molar-refractivity contribution >= 4 is 23.5 Å². The van der Waals surface area contributed by atoms with Crippen molar-refractivity contribution < 1.29 is 19.1 Å². The van der Waals surface area contributed by atoms with Crippen LogP contribution in [0.15, 0.2) is 24.3 Å². The largest absolute Gasteiger partial charge is 0.482 e. The molecule has 0 spiro atoms. The van der Waals surface area contributed by atoms with E-state index in [0.29, 0.717) is 17.4 Å². The van der Waals surface area contributed by atoms with Crippen LogP contribution < -0.4 is 10.1 Å². The molecule has 19 heavy (non-hydrogen) atoms. The van der Waals surface area contributed by atoms with E-state index in [1.165, 1.54) is 0 Å². The molecule has 1 aromatic rings. The Kier molecular flexibility index (Phi) is 6.74. The van der Waals surface area contributed by atoms with Gasteiger partial charge in [-0.05, 0) is 19.1 Å². The van der Waals surface area contributed by atoms with Gasteiger partial charge in [0, 0.05) is 6.54 Å². The fourth-order valence-corrected chi connectivity index (χ4v) is 1.48. The smallest absolute Gasteiger partial charge is 0.307 e. The highest BCUT2D eigenvalue weighted by atomic mass is 35.5. The van der Waals surface area contributed by atoms with Crippen molar-refractivity contribution in [1.29, 1.82) is 0 Å². The van der Waals surface area contributed by atoms with Crippen molar-refractivity contribution in [2.75, 3.05) is 19.8 Å². The lowest BCUT2D eigenvalue weighted by atomic mass is 10.3. The van der Waals surface area contributed by atoms with Crippen LogP contribution >= 0.6 is 11.6 Å². The van der Waals surface area contributed by atoms with Crippen molar-refractivity contribution in [1.82, 2.24) is 5.32 Å². The second-order valence-corrected chi connectivity index (χ2v) is 4.03. The molecule has 0 aromatic heterocycles. The molecule has 1 aromatic carbocycles. The number of rotatable bonds is 7. The van der Waals surface area contributed by atoms with Crippen molar-refractivity contribution in [2.45, 2.75) is 13.3 Å². The van der Waals surface area contributed by atoms with E-state index in [0.717, 1.165) is 0 Å². The zero-order chi connectivity index (χ0) is 14.1. The van der Waals surface area contributed by atoms with Crippen LogP contribution in [-0.4, -0.2) is 31.6 Å². The number of hydrogen-bond acceptors (Lipinski definition) is 4. The number of hydrogen-bond donors (Lipinski definition) is 1. The minimum absolute atomic E-state index is 0.145. The second-order valence-electron chi connectivity index (χ2n) is 3.62. The van der Waals surface area contributed by atoms with Gasteiger partial charge in [-0.2, -0.15) is 0 Å². The first-order valence-corrected chi connectivity index (χ1v) is 6.31. The van der Waals surface area contributed by atoms with Gasteiger partial charge in [-0.25, -0.2) is 0 Å². The lowest BCUT2D eigenvalue weighted by Gasteiger charge is -2.08. The summed E-state index contributed by atoms with van der Waals surface area (Å²) in [4.78, 5) is 22.5. The summed E-state index contributed by atoms with van der Waals surface area (Å²) in [6, 6.07) is 6.89. The van der Waals surface area contributed by atoms with E-state index in [1.54, 1.807) is 31.2 Å². The average Bonchev–Trinajstić information content (AvgIpc) is 2.38. The number of nitrogens with one attached hydrogen (secondary N) is 1. The van der Waals surface area contributed by atoms with Crippen LogP contribution in [0.3, 0.4) is 0 Å². The molecule has 0 aliphatic heterocycles. The molecule has 0 aliphatic rings. The van der Waals surface area contributed by atoms with E-state index in [9.17, 15) is 9.59 Å². The standard InChI is InChI=1S/C13H16ClNO4/c1-2-18-13(17)7-8-15-12(16)9-19-11-6-4-3-5-10(11)14/h3-6H,2,7-9H2,1H3,(H,15,16). The molecule has 0 bridgehead atoms. The Morgan fingerprint density at radius 1 is 1.32 bits per heavy atom. The molecule has 1 rings (SSSR count). The third kappa shape index (κ3) is 6.10. The molecule has 0 fully saturated rings. The first-order chi connectivity index (χ1) is 9.13. The van der Waals surface area contributed by atoms with Crippen LogP contribution in [0.4, 0.5) is 0 Å².